The molecule has 0 amide bonds. The van der Waals surface area contributed by atoms with E-state index in [0.717, 1.165) is 16.7 Å². The number of hydrogen-bond donors (Lipinski definition) is 0. The van der Waals surface area contributed by atoms with E-state index in [-0.39, 0.29) is 0 Å². The second kappa shape index (κ2) is 9.04. The summed E-state index contributed by atoms with van der Waals surface area (Å²) in [7, 11) is 0. The Balaban J connectivity index is 2.07. The second-order valence-electron chi connectivity index (χ2n) is 6.11. The van der Waals surface area contributed by atoms with Crippen LogP contribution in [0, 0.1) is 0 Å². The van der Waals surface area contributed by atoms with Gasteiger partial charge >= 0.3 is 5.97 Å². The number of carbonyl (C=O) groups excluding carboxylic acids is 1. The van der Waals surface area contributed by atoms with Crippen LogP contribution in [0.2, 0.25) is 0 Å². The van der Waals surface area contributed by atoms with E-state index in [1.807, 2.05) is 62.4 Å². The summed E-state index contributed by atoms with van der Waals surface area (Å²) in [6.07, 6.45) is 4.20. The van der Waals surface area contributed by atoms with Crippen LogP contribution in [0.3, 0.4) is 0 Å². The van der Waals surface area contributed by atoms with Crippen molar-refractivity contribution in [2.75, 3.05) is 13.2 Å². The van der Waals surface area contributed by atoms with Crippen molar-refractivity contribution in [2.45, 2.75) is 20.3 Å². The molecule has 0 radical (unpaired) electrons. The lowest BCUT2D eigenvalue weighted by Gasteiger charge is -2.16. The van der Waals surface area contributed by atoms with E-state index < -0.39 is 5.97 Å². The van der Waals surface area contributed by atoms with Gasteiger partial charge in [0.25, 0.3) is 0 Å². The van der Waals surface area contributed by atoms with E-state index in [9.17, 15) is 4.79 Å². The van der Waals surface area contributed by atoms with Crippen molar-refractivity contribution in [3.63, 3.8) is 0 Å². The molecule has 0 atom stereocenters. The van der Waals surface area contributed by atoms with Crippen LogP contribution in [-0.4, -0.2) is 24.9 Å². The molecule has 2 aromatic carbocycles. The summed E-state index contributed by atoms with van der Waals surface area (Å²) < 4.78 is 11.6. The Kier molecular flexibility index (Phi) is 6.27. The number of oxime groups is 1. The predicted molar refractivity (Wildman–Crippen MR) is 110 cm³/mol. The lowest BCUT2D eigenvalue weighted by Crippen LogP contribution is -2.07. The summed E-state index contributed by atoms with van der Waals surface area (Å²) in [4.78, 5) is 17.2. The van der Waals surface area contributed by atoms with Gasteiger partial charge in [0.1, 0.15) is 5.71 Å². The van der Waals surface area contributed by atoms with Crippen LogP contribution in [0.5, 0.6) is 11.5 Å². The zero-order chi connectivity index (χ0) is 19.9. The van der Waals surface area contributed by atoms with E-state index >= 15 is 0 Å². The first-order valence-electron chi connectivity index (χ1n) is 9.28. The molecule has 144 valence electrons. The lowest BCUT2D eigenvalue weighted by molar-refractivity contribution is -0.136. The van der Waals surface area contributed by atoms with Gasteiger partial charge in [-0.05, 0) is 44.0 Å². The Bertz CT molecular complexity index is 929. The molecular formula is C23H23NO4. The summed E-state index contributed by atoms with van der Waals surface area (Å²) >= 11 is 0. The van der Waals surface area contributed by atoms with E-state index in [2.05, 4.69) is 11.7 Å². The Morgan fingerprint density at radius 2 is 1.86 bits per heavy atom. The summed E-state index contributed by atoms with van der Waals surface area (Å²) in [5, 5.41) is 3.96. The number of nitrogens with zero attached hydrogens (tertiary/aromatic N) is 1. The molecule has 3 rings (SSSR count). The largest absolute Gasteiger partial charge is 0.490 e. The van der Waals surface area contributed by atoms with Gasteiger partial charge in [-0.25, -0.2) is 4.79 Å². The van der Waals surface area contributed by atoms with Gasteiger partial charge in [-0.1, -0.05) is 41.6 Å². The average Bonchev–Trinajstić information content (AvgIpc) is 3.06. The monoisotopic (exact) mass is 377 g/mol. The molecule has 5 nitrogen and oxygen atoms in total. The highest BCUT2D eigenvalue weighted by Gasteiger charge is 2.27. The number of allylic oxidation sites excluding steroid dienone is 1. The van der Waals surface area contributed by atoms with E-state index in [1.54, 1.807) is 6.08 Å². The Morgan fingerprint density at radius 1 is 1.11 bits per heavy atom. The minimum Gasteiger partial charge on any atom is -0.490 e. The summed E-state index contributed by atoms with van der Waals surface area (Å²) in [5.74, 6) is 0.869. The van der Waals surface area contributed by atoms with Crippen LogP contribution >= 0.6 is 0 Å². The molecule has 0 saturated heterocycles. The van der Waals surface area contributed by atoms with Crippen LogP contribution in [0.4, 0.5) is 0 Å². The van der Waals surface area contributed by atoms with Gasteiger partial charge < -0.3 is 14.3 Å². The Morgan fingerprint density at radius 3 is 2.54 bits per heavy atom. The third-order valence-electron chi connectivity index (χ3n) is 4.16. The maximum atomic E-state index is 12.3. The lowest BCUT2D eigenvalue weighted by atomic mass is 9.99. The minimum atomic E-state index is -0.476. The van der Waals surface area contributed by atoms with Crippen molar-refractivity contribution >= 4 is 17.8 Å². The highest BCUT2D eigenvalue weighted by atomic mass is 16.7. The van der Waals surface area contributed by atoms with Crippen LogP contribution in [0.15, 0.2) is 65.8 Å². The fourth-order valence-corrected chi connectivity index (χ4v) is 3.03. The third-order valence-corrected chi connectivity index (χ3v) is 4.16. The quantitative estimate of drug-likeness (QED) is 0.384. The van der Waals surface area contributed by atoms with E-state index in [0.29, 0.717) is 42.4 Å². The molecular weight excluding hydrogens is 354 g/mol. The molecule has 0 unspecified atom stereocenters. The van der Waals surface area contributed by atoms with Gasteiger partial charge in [0, 0.05) is 11.1 Å². The first kappa shape index (κ1) is 19.4. The Labute approximate surface area is 164 Å². The van der Waals surface area contributed by atoms with Crippen molar-refractivity contribution in [3.05, 3.63) is 77.4 Å². The van der Waals surface area contributed by atoms with Gasteiger partial charge in [-0.3, -0.25) is 0 Å². The first-order valence-corrected chi connectivity index (χ1v) is 9.28. The third kappa shape index (κ3) is 4.14. The predicted octanol–water partition coefficient (Wildman–Crippen LogP) is 4.56. The number of rotatable bonds is 8. The summed E-state index contributed by atoms with van der Waals surface area (Å²) in [6, 6.07) is 13.3. The summed E-state index contributed by atoms with van der Waals surface area (Å²) in [6.45, 7) is 8.71. The minimum absolute atomic E-state index is 0.405. The smallest absolute Gasteiger partial charge is 0.368 e. The SMILES string of the molecule is C=CCc1cc(/C=C2\C(=O)ON=C2c2ccccc2)cc(OCC)c1OCC. The highest BCUT2D eigenvalue weighted by Crippen LogP contribution is 2.35. The number of ether oxygens (including phenoxy) is 2. The molecule has 0 bridgehead atoms. The molecule has 1 heterocycles. The molecule has 28 heavy (non-hydrogen) atoms. The maximum absolute atomic E-state index is 12.3. The Hall–Kier alpha value is -3.34. The molecule has 0 saturated carbocycles. The van der Waals surface area contributed by atoms with Crippen LogP contribution < -0.4 is 9.47 Å². The van der Waals surface area contributed by atoms with Gasteiger partial charge in [0.15, 0.2) is 11.5 Å². The van der Waals surface area contributed by atoms with E-state index in [1.165, 1.54) is 0 Å². The maximum Gasteiger partial charge on any atom is 0.368 e. The van der Waals surface area contributed by atoms with Gasteiger partial charge in [-0.2, -0.15) is 0 Å². The number of hydrogen-bond acceptors (Lipinski definition) is 5. The number of benzene rings is 2. The van der Waals surface area contributed by atoms with Gasteiger partial charge in [-0.15, -0.1) is 6.58 Å². The molecule has 0 aliphatic carbocycles. The van der Waals surface area contributed by atoms with Crippen molar-refractivity contribution in [2.24, 2.45) is 5.16 Å². The second-order valence-corrected chi connectivity index (χ2v) is 6.11. The summed E-state index contributed by atoms with van der Waals surface area (Å²) in [5.41, 5.74) is 3.49. The van der Waals surface area contributed by atoms with Crippen molar-refractivity contribution in [1.82, 2.24) is 0 Å². The molecule has 0 N–H and O–H groups in total. The van der Waals surface area contributed by atoms with Crippen LogP contribution in [0.1, 0.15) is 30.5 Å². The zero-order valence-corrected chi connectivity index (χ0v) is 16.1. The topological polar surface area (TPSA) is 57.1 Å². The molecule has 1 aliphatic heterocycles. The van der Waals surface area contributed by atoms with Crippen molar-refractivity contribution in [1.29, 1.82) is 0 Å². The zero-order valence-electron chi connectivity index (χ0n) is 16.1. The van der Waals surface area contributed by atoms with Gasteiger partial charge in [0.05, 0.1) is 18.8 Å². The van der Waals surface area contributed by atoms with Crippen LogP contribution in [-0.2, 0) is 16.1 Å². The highest BCUT2D eigenvalue weighted by molar-refractivity contribution is 6.31. The fourth-order valence-electron chi connectivity index (χ4n) is 3.03. The molecule has 0 spiro atoms. The van der Waals surface area contributed by atoms with Crippen molar-refractivity contribution in [3.8, 4) is 11.5 Å². The standard InChI is InChI=1S/C23H23NO4/c1-4-10-18-13-16(15-20(26-5-2)22(18)27-6-3)14-19-21(24-28-23(19)25)17-11-8-7-9-12-17/h4,7-9,11-15H,1,5-6,10H2,2-3H3/b19-14-. The molecule has 1 aliphatic rings. The fraction of sp³-hybridized carbons (Fsp3) is 0.217. The molecule has 5 heteroatoms. The number of carbonyl (C=O) groups is 1. The van der Waals surface area contributed by atoms with Crippen molar-refractivity contribution < 1.29 is 19.1 Å². The first-order chi connectivity index (χ1) is 13.7. The molecule has 0 fully saturated rings. The molecule has 0 aromatic heterocycles. The van der Waals surface area contributed by atoms with Gasteiger partial charge in [0.2, 0.25) is 0 Å². The van der Waals surface area contributed by atoms with Crippen LogP contribution in [0.25, 0.3) is 6.08 Å². The van der Waals surface area contributed by atoms with E-state index in [4.69, 9.17) is 14.3 Å². The molecule has 2 aromatic rings. The average molecular weight is 377 g/mol. The normalized spacial score (nSPS) is 14.6.